The molecule has 0 radical (unpaired) electrons. The molecule has 3 heterocycles. The lowest BCUT2D eigenvalue weighted by Gasteiger charge is -2.12. The van der Waals surface area contributed by atoms with Crippen molar-refractivity contribution in [1.82, 2.24) is 24.5 Å². The maximum Gasteiger partial charge on any atom is 0.223 e. The number of nitrogen functional groups attached to an aromatic ring is 1. The standard InChI is InChI=1S/C14H15ClN6S/c1-7-4-17-9(8(2)11(7)22-3)5-21-6-18-10-12(15)19-14(16)20-13(10)21/h4,6H,5H2,1-3H3,(H2,16,19,20). The quantitative estimate of drug-likeness (QED) is 0.586. The number of imidazole rings is 1. The molecular weight excluding hydrogens is 320 g/mol. The van der Waals surface area contributed by atoms with Crippen LogP contribution in [0.25, 0.3) is 11.2 Å². The monoisotopic (exact) mass is 334 g/mol. The van der Waals surface area contributed by atoms with Gasteiger partial charge in [-0.1, -0.05) is 11.6 Å². The molecule has 6 nitrogen and oxygen atoms in total. The van der Waals surface area contributed by atoms with Crippen LogP contribution in [-0.4, -0.2) is 30.8 Å². The van der Waals surface area contributed by atoms with E-state index in [1.165, 1.54) is 16.0 Å². The fraction of sp³-hybridized carbons (Fsp3) is 0.286. The van der Waals surface area contributed by atoms with Crippen molar-refractivity contribution in [3.63, 3.8) is 0 Å². The van der Waals surface area contributed by atoms with Gasteiger partial charge >= 0.3 is 0 Å². The van der Waals surface area contributed by atoms with Crippen molar-refractivity contribution < 1.29 is 0 Å². The fourth-order valence-corrected chi connectivity index (χ4v) is 3.45. The lowest BCUT2D eigenvalue weighted by atomic mass is 10.1. The van der Waals surface area contributed by atoms with Gasteiger partial charge in [-0.05, 0) is 31.2 Å². The number of hydrogen-bond donors (Lipinski definition) is 1. The molecule has 0 saturated carbocycles. The summed E-state index contributed by atoms with van der Waals surface area (Å²) in [6.45, 7) is 4.70. The molecule has 0 unspecified atom stereocenters. The van der Waals surface area contributed by atoms with Gasteiger partial charge in [-0.2, -0.15) is 9.97 Å². The average molecular weight is 335 g/mol. The third-order valence-electron chi connectivity index (χ3n) is 3.51. The van der Waals surface area contributed by atoms with Crippen LogP contribution in [0.2, 0.25) is 5.15 Å². The van der Waals surface area contributed by atoms with Gasteiger partial charge in [0.2, 0.25) is 5.95 Å². The highest BCUT2D eigenvalue weighted by molar-refractivity contribution is 7.98. The highest BCUT2D eigenvalue weighted by Crippen LogP contribution is 2.26. The summed E-state index contributed by atoms with van der Waals surface area (Å²) in [5.74, 6) is 0.137. The predicted octanol–water partition coefficient (Wildman–Crippen LogP) is 2.84. The van der Waals surface area contributed by atoms with E-state index in [-0.39, 0.29) is 11.1 Å². The number of hydrogen-bond acceptors (Lipinski definition) is 6. The van der Waals surface area contributed by atoms with E-state index in [0.29, 0.717) is 17.7 Å². The lowest BCUT2D eigenvalue weighted by molar-refractivity contribution is 0.774. The normalized spacial score (nSPS) is 11.3. The summed E-state index contributed by atoms with van der Waals surface area (Å²) in [4.78, 5) is 18.2. The van der Waals surface area contributed by atoms with Crippen molar-refractivity contribution in [2.45, 2.75) is 25.3 Å². The Balaban J connectivity index is 2.08. The first kappa shape index (κ1) is 15.1. The van der Waals surface area contributed by atoms with E-state index in [0.717, 1.165) is 5.69 Å². The van der Waals surface area contributed by atoms with Gasteiger partial charge in [0.25, 0.3) is 0 Å². The van der Waals surface area contributed by atoms with E-state index in [4.69, 9.17) is 17.3 Å². The Kier molecular flexibility index (Phi) is 3.92. The highest BCUT2D eigenvalue weighted by atomic mass is 35.5. The molecule has 0 atom stereocenters. The topological polar surface area (TPSA) is 82.5 Å². The molecular formula is C14H15ClN6S. The zero-order chi connectivity index (χ0) is 15.9. The second kappa shape index (κ2) is 5.73. The number of aryl methyl sites for hydroxylation is 1. The number of fused-ring (bicyclic) bond motifs is 1. The molecule has 114 valence electrons. The summed E-state index contributed by atoms with van der Waals surface area (Å²) in [7, 11) is 0. The second-order valence-corrected chi connectivity index (χ2v) is 6.14. The van der Waals surface area contributed by atoms with Crippen molar-refractivity contribution in [2.75, 3.05) is 12.0 Å². The smallest absolute Gasteiger partial charge is 0.223 e. The minimum absolute atomic E-state index is 0.137. The van der Waals surface area contributed by atoms with Gasteiger partial charge in [0.05, 0.1) is 18.6 Å². The first-order valence-corrected chi connectivity index (χ1v) is 8.24. The van der Waals surface area contributed by atoms with Crippen LogP contribution in [0.1, 0.15) is 16.8 Å². The Morgan fingerprint density at radius 3 is 2.77 bits per heavy atom. The third-order valence-corrected chi connectivity index (χ3v) is 4.81. The Hall–Kier alpha value is -1.86. The molecule has 3 aromatic rings. The molecule has 0 aliphatic carbocycles. The Bertz CT molecular complexity index is 860. The summed E-state index contributed by atoms with van der Waals surface area (Å²) < 4.78 is 1.88. The molecule has 0 fully saturated rings. The summed E-state index contributed by atoms with van der Waals surface area (Å²) in [5.41, 5.74) is 10.2. The maximum absolute atomic E-state index is 6.05. The molecule has 8 heteroatoms. The zero-order valence-electron chi connectivity index (χ0n) is 12.5. The Morgan fingerprint density at radius 2 is 2.05 bits per heavy atom. The molecule has 0 aliphatic rings. The fourth-order valence-electron chi connectivity index (χ4n) is 2.43. The second-order valence-electron chi connectivity index (χ2n) is 4.96. The largest absolute Gasteiger partial charge is 0.368 e. The van der Waals surface area contributed by atoms with Crippen molar-refractivity contribution in [3.8, 4) is 0 Å². The molecule has 0 aliphatic heterocycles. The molecule has 2 N–H and O–H groups in total. The van der Waals surface area contributed by atoms with Crippen LogP contribution < -0.4 is 5.73 Å². The van der Waals surface area contributed by atoms with Crippen molar-refractivity contribution >= 4 is 40.5 Å². The van der Waals surface area contributed by atoms with Gasteiger partial charge in [-0.25, -0.2) is 4.98 Å². The van der Waals surface area contributed by atoms with E-state index in [2.05, 4.69) is 40.0 Å². The number of thioether (sulfide) groups is 1. The van der Waals surface area contributed by atoms with Crippen LogP contribution in [0.5, 0.6) is 0 Å². The van der Waals surface area contributed by atoms with Gasteiger partial charge in [0, 0.05) is 11.1 Å². The van der Waals surface area contributed by atoms with Crippen molar-refractivity contribution in [1.29, 1.82) is 0 Å². The van der Waals surface area contributed by atoms with Crippen LogP contribution in [0.4, 0.5) is 5.95 Å². The third kappa shape index (κ3) is 2.50. The minimum Gasteiger partial charge on any atom is -0.368 e. The number of anilines is 1. The Labute approximate surface area is 137 Å². The van der Waals surface area contributed by atoms with Crippen LogP contribution >= 0.6 is 23.4 Å². The minimum atomic E-state index is 0.137. The summed E-state index contributed by atoms with van der Waals surface area (Å²) in [5, 5.41) is 0.264. The highest BCUT2D eigenvalue weighted by Gasteiger charge is 2.14. The average Bonchev–Trinajstić information content (AvgIpc) is 2.86. The van der Waals surface area contributed by atoms with Crippen LogP contribution in [0.3, 0.4) is 0 Å². The van der Waals surface area contributed by atoms with E-state index in [1.807, 2.05) is 10.8 Å². The number of nitrogens with zero attached hydrogens (tertiary/aromatic N) is 5. The van der Waals surface area contributed by atoms with Gasteiger partial charge in [0.15, 0.2) is 10.8 Å². The molecule has 22 heavy (non-hydrogen) atoms. The number of pyridine rings is 1. The first-order chi connectivity index (χ1) is 10.5. The molecule has 0 amide bonds. The molecule has 0 spiro atoms. The van der Waals surface area contributed by atoms with Crippen LogP contribution in [0.15, 0.2) is 17.4 Å². The van der Waals surface area contributed by atoms with Gasteiger partial charge in [-0.15, -0.1) is 11.8 Å². The summed E-state index contributed by atoms with van der Waals surface area (Å²) in [6.07, 6.45) is 5.65. The number of halogens is 1. The summed E-state index contributed by atoms with van der Waals surface area (Å²) >= 11 is 7.78. The SMILES string of the molecule is CSc1c(C)cnc(Cn2cnc3c(Cl)nc(N)nc32)c1C. The predicted molar refractivity (Wildman–Crippen MR) is 89.3 cm³/mol. The lowest BCUT2D eigenvalue weighted by Crippen LogP contribution is -2.06. The van der Waals surface area contributed by atoms with E-state index >= 15 is 0 Å². The maximum atomic E-state index is 6.05. The van der Waals surface area contributed by atoms with Gasteiger partial charge < -0.3 is 10.3 Å². The molecule has 0 bridgehead atoms. The Morgan fingerprint density at radius 1 is 1.27 bits per heavy atom. The van der Waals surface area contributed by atoms with E-state index in [1.54, 1.807) is 18.1 Å². The first-order valence-electron chi connectivity index (χ1n) is 6.64. The van der Waals surface area contributed by atoms with Crippen LogP contribution in [-0.2, 0) is 6.54 Å². The number of aromatic nitrogens is 5. The summed E-state index contributed by atoms with van der Waals surface area (Å²) in [6, 6.07) is 0. The van der Waals surface area contributed by atoms with Gasteiger partial charge in [0.1, 0.15) is 5.52 Å². The van der Waals surface area contributed by atoms with E-state index in [9.17, 15) is 0 Å². The van der Waals surface area contributed by atoms with Crippen LogP contribution in [0, 0.1) is 13.8 Å². The molecule has 3 rings (SSSR count). The van der Waals surface area contributed by atoms with Crippen molar-refractivity contribution in [3.05, 3.63) is 34.5 Å². The molecule has 0 aromatic carbocycles. The number of rotatable bonds is 3. The van der Waals surface area contributed by atoms with E-state index < -0.39 is 0 Å². The number of nitrogens with two attached hydrogens (primary N) is 1. The van der Waals surface area contributed by atoms with Gasteiger partial charge in [-0.3, -0.25) is 4.98 Å². The molecule has 3 aromatic heterocycles. The molecule has 0 saturated heterocycles. The van der Waals surface area contributed by atoms with Crippen molar-refractivity contribution in [2.24, 2.45) is 0 Å². The zero-order valence-corrected chi connectivity index (χ0v) is 14.0.